The second kappa shape index (κ2) is 8.48. The second-order valence-corrected chi connectivity index (χ2v) is 6.94. The van der Waals surface area contributed by atoms with Crippen LogP contribution >= 0.6 is 0 Å². The van der Waals surface area contributed by atoms with Gasteiger partial charge in [-0.05, 0) is 23.8 Å². The minimum atomic E-state index is -0.425. The van der Waals surface area contributed by atoms with Crippen molar-refractivity contribution in [3.8, 4) is 5.75 Å². The maximum absolute atomic E-state index is 13.4. The van der Waals surface area contributed by atoms with Gasteiger partial charge in [0, 0.05) is 31.0 Å². The van der Waals surface area contributed by atoms with E-state index in [0.29, 0.717) is 44.2 Å². The molecule has 0 N–H and O–H groups in total. The second-order valence-electron chi connectivity index (χ2n) is 6.94. The number of rotatable bonds is 2. The van der Waals surface area contributed by atoms with Gasteiger partial charge in [0.05, 0.1) is 38.5 Å². The summed E-state index contributed by atoms with van der Waals surface area (Å²) in [6.45, 7) is 2.82. The number of methoxy groups -OCH3 is 1. The maximum Gasteiger partial charge on any atom is 0.337 e. The molecule has 0 radical (unpaired) electrons. The van der Waals surface area contributed by atoms with E-state index in [1.807, 2.05) is 23.1 Å². The number of carbonyl (C=O) groups excluding carboxylic acids is 2. The lowest BCUT2D eigenvalue weighted by Gasteiger charge is -2.36. The highest BCUT2D eigenvalue weighted by atomic mass is 16.5. The molecular formula is C21H23N3O5. The van der Waals surface area contributed by atoms with E-state index in [-0.39, 0.29) is 18.7 Å². The van der Waals surface area contributed by atoms with Crippen LogP contribution in [0.3, 0.4) is 0 Å². The van der Waals surface area contributed by atoms with Crippen molar-refractivity contribution in [2.75, 3.05) is 40.0 Å². The minimum absolute atomic E-state index is 0.0596. The normalized spacial score (nSPS) is 19.0. The molecule has 4 rings (SSSR count). The molecule has 0 aliphatic carbocycles. The van der Waals surface area contributed by atoms with Crippen LogP contribution in [-0.4, -0.2) is 66.8 Å². The Labute approximate surface area is 169 Å². The van der Waals surface area contributed by atoms with Crippen molar-refractivity contribution in [2.45, 2.75) is 12.6 Å². The zero-order valence-electron chi connectivity index (χ0n) is 16.2. The quantitative estimate of drug-likeness (QED) is 0.723. The van der Waals surface area contributed by atoms with E-state index in [4.69, 9.17) is 14.2 Å². The molecule has 2 aromatic rings. The first-order valence-electron chi connectivity index (χ1n) is 9.54. The summed E-state index contributed by atoms with van der Waals surface area (Å²) in [6, 6.07) is 8.60. The van der Waals surface area contributed by atoms with Crippen LogP contribution in [0.4, 0.5) is 4.79 Å². The molecular weight excluding hydrogens is 374 g/mol. The van der Waals surface area contributed by atoms with Crippen molar-refractivity contribution in [3.05, 3.63) is 59.4 Å². The van der Waals surface area contributed by atoms with Gasteiger partial charge in [-0.15, -0.1) is 0 Å². The molecule has 2 aliphatic rings. The van der Waals surface area contributed by atoms with Crippen molar-refractivity contribution in [1.29, 1.82) is 0 Å². The number of pyridine rings is 1. The Morgan fingerprint density at radius 2 is 2.03 bits per heavy atom. The zero-order valence-corrected chi connectivity index (χ0v) is 16.2. The molecule has 29 heavy (non-hydrogen) atoms. The third-order valence-electron chi connectivity index (χ3n) is 5.20. The summed E-state index contributed by atoms with van der Waals surface area (Å²) < 4.78 is 16.2. The Morgan fingerprint density at radius 3 is 2.76 bits per heavy atom. The number of nitrogens with zero attached hydrogens (tertiary/aromatic N) is 3. The molecule has 8 heteroatoms. The van der Waals surface area contributed by atoms with Crippen LogP contribution in [0.15, 0.2) is 42.7 Å². The summed E-state index contributed by atoms with van der Waals surface area (Å²) in [6.07, 6.45) is 3.45. The summed E-state index contributed by atoms with van der Waals surface area (Å²) in [7, 11) is 1.34. The predicted octanol–water partition coefficient (Wildman–Crippen LogP) is 2.26. The van der Waals surface area contributed by atoms with Gasteiger partial charge in [0.25, 0.3) is 0 Å². The van der Waals surface area contributed by atoms with E-state index in [9.17, 15) is 9.59 Å². The van der Waals surface area contributed by atoms with Crippen LogP contribution in [-0.2, 0) is 16.0 Å². The number of esters is 1. The number of hydrogen-bond acceptors (Lipinski definition) is 6. The molecule has 1 atom stereocenters. The van der Waals surface area contributed by atoms with Gasteiger partial charge < -0.3 is 24.0 Å². The fourth-order valence-electron chi connectivity index (χ4n) is 3.60. The molecule has 1 aromatic heterocycles. The number of amides is 2. The summed E-state index contributed by atoms with van der Waals surface area (Å²) in [5.41, 5.74) is 2.15. The van der Waals surface area contributed by atoms with E-state index in [1.54, 1.807) is 29.4 Å². The van der Waals surface area contributed by atoms with Crippen LogP contribution in [0.25, 0.3) is 0 Å². The molecule has 1 fully saturated rings. The van der Waals surface area contributed by atoms with Gasteiger partial charge >= 0.3 is 12.0 Å². The average molecular weight is 397 g/mol. The van der Waals surface area contributed by atoms with E-state index < -0.39 is 5.97 Å². The molecule has 8 nitrogen and oxygen atoms in total. The molecule has 1 saturated heterocycles. The van der Waals surface area contributed by atoms with Gasteiger partial charge in [0.15, 0.2) is 0 Å². The first-order valence-corrected chi connectivity index (χ1v) is 9.54. The highest BCUT2D eigenvalue weighted by Crippen LogP contribution is 2.33. The Hall–Kier alpha value is -3.13. The number of fused-ring (bicyclic) bond motifs is 1. The summed E-state index contributed by atoms with van der Waals surface area (Å²) >= 11 is 0. The number of morpholine rings is 1. The van der Waals surface area contributed by atoms with Gasteiger partial charge in [-0.1, -0.05) is 12.1 Å². The Bertz CT molecular complexity index is 883. The molecule has 0 unspecified atom stereocenters. The summed E-state index contributed by atoms with van der Waals surface area (Å²) in [5.74, 6) is 0.157. The number of benzene rings is 1. The van der Waals surface area contributed by atoms with E-state index in [0.717, 1.165) is 11.1 Å². The Balaban J connectivity index is 1.68. The number of urea groups is 1. The molecule has 0 spiro atoms. The minimum Gasteiger partial charge on any atom is -0.491 e. The third-order valence-corrected chi connectivity index (χ3v) is 5.20. The van der Waals surface area contributed by atoms with Gasteiger partial charge in [-0.25, -0.2) is 9.59 Å². The van der Waals surface area contributed by atoms with Gasteiger partial charge in [0.2, 0.25) is 0 Å². The van der Waals surface area contributed by atoms with Gasteiger partial charge in [-0.2, -0.15) is 0 Å². The maximum atomic E-state index is 13.4. The van der Waals surface area contributed by atoms with E-state index in [1.165, 1.54) is 7.11 Å². The Morgan fingerprint density at radius 1 is 1.21 bits per heavy atom. The molecule has 0 saturated carbocycles. The Kier molecular flexibility index (Phi) is 5.62. The number of carbonyl (C=O) groups is 2. The topological polar surface area (TPSA) is 81.2 Å². The highest BCUT2D eigenvalue weighted by Gasteiger charge is 2.33. The number of aromatic nitrogens is 1. The first-order chi connectivity index (χ1) is 14.2. The lowest BCUT2D eigenvalue weighted by Crippen LogP contribution is -2.49. The van der Waals surface area contributed by atoms with Crippen molar-refractivity contribution in [2.24, 2.45) is 0 Å². The predicted molar refractivity (Wildman–Crippen MR) is 104 cm³/mol. The fraction of sp³-hybridized carbons (Fsp3) is 0.381. The first kappa shape index (κ1) is 19.2. The standard InChI is InChI=1S/C21H23N3O5/c1-27-20(25)15-4-5-17-13-24(21(26)23-7-9-28-10-8-23)18(14-29-19(17)11-15)16-3-2-6-22-12-16/h2-6,11-12,18H,7-10,13-14H2,1H3/t18-/m0/s1. The largest absolute Gasteiger partial charge is 0.491 e. The van der Waals surface area contributed by atoms with Crippen LogP contribution in [0.2, 0.25) is 0 Å². The van der Waals surface area contributed by atoms with Crippen LogP contribution in [0.1, 0.15) is 27.5 Å². The molecule has 1 aromatic carbocycles. The van der Waals surface area contributed by atoms with Gasteiger partial charge in [-0.3, -0.25) is 4.98 Å². The van der Waals surface area contributed by atoms with Crippen LogP contribution in [0.5, 0.6) is 5.75 Å². The van der Waals surface area contributed by atoms with Crippen molar-refractivity contribution < 1.29 is 23.8 Å². The summed E-state index contributed by atoms with van der Waals surface area (Å²) in [4.78, 5) is 33.1. The van der Waals surface area contributed by atoms with Crippen LogP contribution < -0.4 is 4.74 Å². The summed E-state index contributed by atoms with van der Waals surface area (Å²) in [5, 5.41) is 0. The fourth-order valence-corrected chi connectivity index (χ4v) is 3.60. The number of ether oxygens (including phenoxy) is 3. The number of hydrogen-bond donors (Lipinski definition) is 0. The lowest BCUT2D eigenvalue weighted by atomic mass is 10.1. The molecule has 0 bridgehead atoms. The lowest BCUT2D eigenvalue weighted by molar-refractivity contribution is 0.0362. The van der Waals surface area contributed by atoms with E-state index in [2.05, 4.69) is 4.98 Å². The van der Waals surface area contributed by atoms with E-state index >= 15 is 0 Å². The smallest absolute Gasteiger partial charge is 0.337 e. The molecule has 152 valence electrons. The molecule has 3 heterocycles. The monoisotopic (exact) mass is 397 g/mol. The van der Waals surface area contributed by atoms with Crippen molar-refractivity contribution in [1.82, 2.24) is 14.8 Å². The molecule has 2 amide bonds. The average Bonchev–Trinajstić information content (AvgIpc) is 2.98. The van der Waals surface area contributed by atoms with Crippen molar-refractivity contribution in [3.63, 3.8) is 0 Å². The SMILES string of the molecule is COC(=O)c1ccc2c(c1)OC[C@@H](c1cccnc1)N(C(=O)N1CCOCC1)C2. The highest BCUT2D eigenvalue weighted by molar-refractivity contribution is 5.90. The molecule has 2 aliphatic heterocycles. The third kappa shape index (κ3) is 4.02. The zero-order chi connectivity index (χ0) is 20.2. The van der Waals surface area contributed by atoms with Gasteiger partial charge in [0.1, 0.15) is 12.4 Å². The van der Waals surface area contributed by atoms with Crippen molar-refractivity contribution >= 4 is 12.0 Å². The van der Waals surface area contributed by atoms with Crippen LogP contribution in [0, 0.1) is 0 Å².